The van der Waals surface area contributed by atoms with Crippen LogP contribution >= 0.6 is 11.6 Å². The second-order valence-corrected chi connectivity index (χ2v) is 10.1. The number of imidazole rings is 1. The Morgan fingerprint density at radius 1 is 1.15 bits per heavy atom. The molecule has 4 aromatic rings. The number of likely N-dealkylation sites (N-methyl/N-ethyl adjacent to an activating group) is 1. The maximum absolute atomic E-state index is 13.4. The fraction of sp³-hybridized carbons (Fsp3) is 0.414. The summed E-state index contributed by atoms with van der Waals surface area (Å²) in [6, 6.07) is 16.3. The van der Waals surface area contributed by atoms with Crippen molar-refractivity contribution in [2.75, 3.05) is 14.2 Å². The fourth-order valence-electron chi connectivity index (χ4n) is 5.18. The summed E-state index contributed by atoms with van der Waals surface area (Å²) in [7, 11) is 3.19. The highest BCUT2D eigenvalue weighted by molar-refractivity contribution is 6.30. The molecule has 206 valence electrons. The van der Waals surface area contributed by atoms with Crippen LogP contribution in [0.25, 0.3) is 22.5 Å². The molecule has 10 heteroatoms. The summed E-state index contributed by atoms with van der Waals surface area (Å²) in [4.78, 5) is 18.1. The van der Waals surface area contributed by atoms with Gasteiger partial charge in [0.1, 0.15) is 5.82 Å². The maximum atomic E-state index is 13.4. The van der Waals surface area contributed by atoms with E-state index in [0.717, 1.165) is 53.8 Å². The Morgan fingerprint density at radius 3 is 2.46 bits per heavy atom. The molecule has 4 rings (SSSR count). The number of nitrogens with zero attached hydrogens (tertiary/aromatic N) is 5. The van der Waals surface area contributed by atoms with Crippen molar-refractivity contribution in [3.63, 3.8) is 0 Å². The third kappa shape index (κ3) is 5.46. The Balaban J connectivity index is 1.77. The normalized spacial score (nSPS) is 13.7. The van der Waals surface area contributed by atoms with Crippen molar-refractivity contribution < 1.29 is 9.53 Å². The summed E-state index contributed by atoms with van der Waals surface area (Å²) in [6.45, 7) is 6.74. The number of esters is 1. The largest absolute Gasteiger partial charge is 0.467 e. The maximum Gasteiger partial charge on any atom is 0.332 e. The number of carbonyl (C=O) groups excluding carboxylic acids is 1. The molecule has 0 unspecified atom stereocenters. The van der Waals surface area contributed by atoms with E-state index in [4.69, 9.17) is 21.3 Å². The Hall–Kier alpha value is -3.56. The van der Waals surface area contributed by atoms with Crippen molar-refractivity contribution in [3.05, 3.63) is 70.8 Å². The molecule has 0 aliphatic rings. The fourth-order valence-corrected chi connectivity index (χ4v) is 5.53. The van der Waals surface area contributed by atoms with Crippen molar-refractivity contribution in [1.29, 1.82) is 0 Å². The molecule has 39 heavy (non-hydrogen) atoms. The minimum absolute atomic E-state index is 0.0917. The van der Waals surface area contributed by atoms with Crippen LogP contribution in [0, 0.1) is 5.92 Å². The number of hydrogen-bond acceptors (Lipinski definition) is 7. The van der Waals surface area contributed by atoms with E-state index in [0.29, 0.717) is 23.2 Å². The Morgan fingerprint density at radius 2 is 1.87 bits per heavy atom. The number of aryl methyl sites for hydroxylation is 1. The van der Waals surface area contributed by atoms with Gasteiger partial charge in [-0.2, -0.15) is 5.21 Å². The molecule has 0 bridgehead atoms. The first-order valence-electron chi connectivity index (χ1n) is 13.4. The summed E-state index contributed by atoms with van der Waals surface area (Å²) in [5.41, 5.74) is 3.51. The van der Waals surface area contributed by atoms with Gasteiger partial charge in [0, 0.05) is 18.5 Å². The average molecular weight is 550 g/mol. The number of unbranched alkanes of at least 4 members (excludes halogenated alkanes) is 1. The predicted molar refractivity (Wildman–Crippen MR) is 152 cm³/mol. The smallest absolute Gasteiger partial charge is 0.332 e. The van der Waals surface area contributed by atoms with Gasteiger partial charge in [-0.3, -0.25) is 5.32 Å². The van der Waals surface area contributed by atoms with E-state index in [1.807, 2.05) is 31.2 Å². The molecule has 0 fully saturated rings. The van der Waals surface area contributed by atoms with Gasteiger partial charge < -0.3 is 9.30 Å². The van der Waals surface area contributed by atoms with Gasteiger partial charge in [0.15, 0.2) is 10.7 Å². The topological polar surface area (TPSA) is 111 Å². The van der Waals surface area contributed by atoms with Gasteiger partial charge in [0.25, 0.3) is 0 Å². The van der Waals surface area contributed by atoms with E-state index in [-0.39, 0.29) is 11.9 Å². The van der Waals surface area contributed by atoms with E-state index in [1.165, 1.54) is 7.11 Å². The molecule has 2 atom stereocenters. The van der Waals surface area contributed by atoms with E-state index < -0.39 is 5.54 Å². The van der Waals surface area contributed by atoms with E-state index >= 15 is 0 Å². The lowest BCUT2D eigenvalue weighted by Crippen LogP contribution is -2.54. The Labute approximate surface area is 234 Å². The molecule has 0 saturated carbocycles. The third-order valence-electron chi connectivity index (χ3n) is 7.50. The number of hydrogen-bond donors (Lipinski definition) is 2. The van der Waals surface area contributed by atoms with Gasteiger partial charge in [-0.15, -0.1) is 10.2 Å². The lowest BCUT2D eigenvalue weighted by molar-refractivity contribution is -0.152. The molecule has 2 aromatic heterocycles. The number of nitrogens with one attached hydrogen (secondary N) is 2. The third-order valence-corrected chi connectivity index (χ3v) is 7.77. The Bertz CT molecular complexity index is 1390. The first-order chi connectivity index (χ1) is 18.9. The van der Waals surface area contributed by atoms with Crippen molar-refractivity contribution in [2.45, 2.75) is 58.5 Å². The number of halogens is 1. The van der Waals surface area contributed by atoms with Gasteiger partial charge in [0.2, 0.25) is 5.82 Å². The van der Waals surface area contributed by atoms with Gasteiger partial charge in [-0.1, -0.05) is 93.7 Å². The number of ether oxygens (including phenoxy) is 1. The van der Waals surface area contributed by atoms with Gasteiger partial charge >= 0.3 is 5.97 Å². The van der Waals surface area contributed by atoms with Crippen LogP contribution in [-0.2, 0) is 28.0 Å². The number of rotatable bonds is 12. The van der Waals surface area contributed by atoms with Crippen LogP contribution in [0.5, 0.6) is 0 Å². The minimum Gasteiger partial charge on any atom is -0.467 e. The molecule has 2 aromatic carbocycles. The lowest BCUT2D eigenvalue weighted by Gasteiger charge is -2.37. The molecule has 2 heterocycles. The average Bonchev–Trinajstić information content (AvgIpc) is 3.61. The van der Waals surface area contributed by atoms with Crippen LogP contribution in [0.3, 0.4) is 0 Å². The number of carbonyl (C=O) groups is 1. The minimum atomic E-state index is -1.14. The molecular formula is C29H36ClN7O2. The molecule has 9 nitrogen and oxygen atoms in total. The zero-order chi connectivity index (χ0) is 28.0. The van der Waals surface area contributed by atoms with Crippen LogP contribution in [0.1, 0.15) is 57.1 Å². The van der Waals surface area contributed by atoms with Gasteiger partial charge in [-0.25, -0.2) is 9.78 Å². The summed E-state index contributed by atoms with van der Waals surface area (Å²) >= 11 is 6.83. The molecule has 0 aliphatic carbocycles. The first kappa shape index (κ1) is 28.4. The van der Waals surface area contributed by atoms with Crippen molar-refractivity contribution in [3.8, 4) is 22.5 Å². The zero-order valence-electron chi connectivity index (χ0n) is 23.2. The molecular weight excluding hydrogens is 514 g/mol. The Kier molecular flexibility index (Phi) is 9.14. The highest BCUT2D eigenvalue weighted by Crippen LogP contribution is 2.39. The highest BCUT2D eigenvalue weighted by Gasteiger charge is 2.49. The molecule has 2 N–H and O–H groups in total. The molecule has 0 aliphatic heterocycles. The van der Waals surface area contributed by atoms with Crippen molar-refractivity contribution in [1.82, 2.24) is 35.5 Å². The summed E-state index contributed by atoms with van der Waals surface area (Å²) in [5, 5.41) is 18.1. The van der Waals surface area contributed by atoms with Crippen LogP contribution < -0.4 is 5.32 Å². The first-order valence-corrected chi connectivity index (χ1v) is 13.7. The van der Waals surface area contributed by atoms with Crippen LogP contribution in [0.4, 0.5) is 0 Å². The van der Waals surface area contributed by atoms with Gasteiger partial charge in [-0.05, 0) is 41.3 Å². The quantitative estimate of drug-likeness (QED) is 0.227. The molecule has 0 radical (unpaired) electrons. The van der Waals surface area contributed by atoms with E-state index in [2.05, 4.69) is 68.6 Å². The SMILES string of the molecule is CCCCc1nc(Cl)c([C@](NC)(C(=O)OC)[C@@H](C)CC)n1Cc1ccc(-c2ccccc2-c2nn[nH]n2)cc1. The predicted octanol–water partition coefficient (Wildman–Crippen LogP) is 5.41. The van der Waals surface area contributed by atoms with Crippen LogP contribution in [0.2, 0.25) is 5.15 Å². The summed E-state index contributed by atoms with van der Waals surface area (Å²) in [6.07, 6.45) is 3.49. The molecule has 0 spiro atoms. The van der Waals surface area contributed by atoms with Crippen LogP contribution in [-0.4, -0.2) is 50.3 Å². The number of aromatic amines is 1. The number of benzene rings is 2. The van der Waals surface area contributed by atoms with Crippen molar-refractivity contribution >= 4 is 17.6 Å². The molecule has 0 saturated heterocycles. The standard InChI is InChI=1S/C29H36ClN7O2/c1-6-8-13-24-32-26(30)25(29(31-4,19(3)7-2)28(38)39-5)37(24)18-20-14-16-21(17-15-20)22-11-9-10-12-23(22)27-33-35-36-34-27/h9-12,14-17,19,31H,6-8,13,18H2,1-5H3,(H,33,34,35,36)/t19-,29-/m0/s1. The van der Waals surface area contributed by atoms with Gasteiger partial charge in [0.05, 0.1) is 12.8 Å². The monoisotopic (exact) mass is 549 g/mol. The lowest BCUT2D eigenvalue weighted by atomic mass is 9.80. The number of aromatic nitrogens is 6. The number of methoxy groups -OCH3 is 1. The summed E-state index contributed by atoms with van der Waals surface area (Å²) in [5.74, 6) is 0.934. The number of tetrazole rings is 1. The highest BCUT2D eigenvalue weighted by atomic mass is 35.5. The van der Waals surface area contributed by atoms with Crippen molar-refractivity contribution in [2.24, 2.45) is 5.92 Å². The second-order valence-electron chi connectivity index (χ2n) is 9.69. The van der Waals surface area contributed by atoms with Crippen LogP contribution in [0.15, 0.2) is 48.5 Å². The van der Waals surface area contributed by atoms with E-state index in [1.54, 1.807) is 7.05 Å². The molecule has 0 amide bonds. The second kappa shape index (κ2) is 12.5. The van der Waals surface area contributed by atoms with E-state index in [9.17, 15) is 4.79 Å². The summed E-state index contributed by atoms with van der Waals surface area (Å²) < 4.78 is 7.42. The number of H-pyrrole nitrogens is 1. The zero-order valence-corrected chi connectivity index (χ0v) is 23.9.